The minimum Gasteiger partial charge on any atom is -0.358 e. The number of nitrogens with zero attached hydrogens (tertiary/aromatic N) is 3. The normalized spacial score (nSPS) is 14.0. The molecule has 4 nitrogen and oxygen atoms in total. The Morgan fingerprint density at radius 3 is 1.86 bits per heavy atom. The van der Waals surface area contributed by atoms with E-state index in [-0.39, 0.29) is 6.17 Å². The van der Waals surface area contributed by atoms with Crippen LogP contribution in [-0.4, -0.2) is 9.97 Å². The lowest BCUT2D eigenvalue weighted by molar-refractivity contribution is 0.793. The summed E-state index contributed by atoms with van der Waals surface area (Å²) in [6, 6.07) is 58.5. The minimum atomic E-state index is -0.0896. The molecule has 0 bridgehead atoms. The third kappa shape index (κ3) is 4.45. The Morgan fingerprint density at radius 2 is 1.14 bits per heavy atom. The highest BCUT2D eigenvalue weighted by atomic mass is 15.3. The van der Waals surface area contributed by atoms with Crippen molar-refractivity contribution in [1.29, 1.82) is 0 Å². The van der Waals surface area contributed by atoms with E-state index in [1.54, 1.807) is 0 Å². The van der Waals surface area contributed by atoms with Crippen LogP contribution in [0, 0.1) is 0 Å². The molecule has 0 saturated heterocycles. The van der Waals surface area contributed by atoms with E-state index in [4.69, 9.17) is 9.97 Å². The summed E-state index contributed by atoms with van der Waals surface area (Å²) in [5, 5.41) is 10.7. The fourth-order valence-electron chi connectivity index (χ4n) is 7.58. The third-order valence-corrected chi connectivity index (χ3v) is 9.88. The first kappa shape index (κ1) is 27.6. The molecule has 230 valence electrons. The third-order valence-electron chi connectivity index (χ3n) is 9.88. The summed E-state index contributed by atoms with van der Waals surface area (Å²) in [6.45, 7) is 0. The van der Waals surface area contributed by atoms with Crippen LogP contribution in [0.5, 0.6) is 0 Å². The van der Waals surface area contributed by atoms with E-state index in [0.717, 1.165) is 44.6 Å². The van der Waals surface area contributed by atoms with Crippen molar-refractivity contribution < 1.29 is 0 Å². The van der Waals surface area contributed by atoms with Gasteiger partial charge in [0, 0.05) is 39.0 Å². The van der Waals surface area contributed by atoms with Crippen LogP contribution in [-0.2, 0) is 0 Å². The standard InChI is InChI=1S/C45H30N4/c1-3-14-35-30(10-1)21-25-37-42(38-26-22-31-11-2-4-15-36(31)44(38)48-43(35)37)33-13-9-12-32(28-33)29-19-23-34(24-20-29)49-41-18-6-5-16-39(41)47-45(49)40-17-7-8-27-46-40/h1-28,45,47H. The van der Waals surface area contributed by atoms with Crippen LogP contribution in [0.4, 0.5) is 17.1 Å². The van der Waals surface area contributed by atoms with E-state index in [9.17, 15) is 0 Å². The molecule has 0 aliphatic carbocycles. The maximum atomic E-state index is 5.38. The second-order valence-electron chi connectivity index (χ2n) is 12.7. The molecular formula is C45H30N4. The SMILES string of the molecule is c1ccc(C2Nc3ccccc3N2c2ccc(-c3cccc(-c4c5ccc6ccccc6c5nc5c4ccc4ccccc45)c3)cc2)nc1. The van der Waals surface area contributed by atoms with E-state index in [0.29, 0.717) is 0 Å². The van der Waals surface area contributed by atoms with Gasteiger partial charge in [0.15, 0.2) is 0 Å². The summed E-state index contributed by atoms with van der Waals surface area (Å²) in [4.78, 5) is 12.4. The predicted molar refractivity (Wildman–Crippen MR) is 204 cm³/mol. The molecule has 1 aliphatic heterocycles. The zero-order valence-corrected chi connectivity index (χ0v) is 26.6. The van der Waals surface area contributed by atoms with Gasteiger partial charge in [0.05, 0.1) is 28.1 Å². The van der Waals surface area contributed by atoms with Crippen LogP contribution in [0.2, 0.25) is 0 Å². The molecule has 1 atom stereocenters. The van der Waals surface area contributed by atoms with Crippen molar-refractivity contribution in [3.63, 3.8) is 0 Å². The molecule has 1 unspecified atom stereocenters. The smallest absolute Gasteiger partial charge is 0.147 e. The van der Waals surface area contributed by atoms with Crippen molar-refractivity contribution in [2.75, 3.05) is 10.2 Å². The number of pyridine rings is 2. The van der Waals surface area contributed by atoms with Crippen LogP contribution in [0.3, 0.4) is 0 Å². The topological polar surface area (TPSA) is 41.0 Å². The van der Waals surface area contributed by atoms with Gasteiger partial charge >= 0.3 is 0 Å². The molecular weight excluding hydrogens is 597 g/mol. The molecule has 0 amide bonds. The maximum absolute atomic E-state index is 5.38. The summed E-state index contributed by atoms with van der Waals surface area (Å²) in [7, 11) is 0. The van der Waals surface area contributed by atoms with E-state index < -0.39 is 0 Å². The number of benzene rings is 7. The first-order valence-corrected chi connectivity index (χ1v) is 16.7. The lowest BCUT2D eigenvalue weighted by atomic mass is 9.91. The van der Waals surface area contributed by atoms with Crippen LogP contribution in [0.1, 0.15) is 11.9 Å². The van der Waals surface area contributed by atoms with Crippen molar-refractivity contribution >= 4 is 60.4 Å². The van der Waals surface area contributed by atoms with Crippen LogP contribution in [0.15, 0.2) is 170 Å². The first-order chi connectivity index (χ1) is 24.3. The number of fused-ring (bicyclic) bond motifs is 7. The van der Waals surface area contributed by atoms with Crippen molar-refractivity contribution in [1.82, 2.24) is 9.97 Å². The Balaban J connectivity index is 1.11. The fraction of sp³-hybridized carbons (Fsp3) is 0.0222. The molecule has 1 aliphatic rings. The Bertz CT molecular complexity index is 2610. The van der Waals surface area contributed by atoms with E-state index in [1.807, 2.05) is 18.3 Å². The Labute approximate surface area is 283 Å². The highest BCUT2D eigenvalue weighted by molar-refractivity contribution is 6.21. The van der Waals surface area contributed by atoms with Gasteiger partial charge in [-0.3, -0.25) is 4.98 Å². The molecule has 7 aromatic carbocycles. The average Bonchev–Trinajstić information content (AvgIpc) is 3.57. The summed E-state index contributed by atoms with van der Waals surface area (Å²) in [6.07, 6.45) is 1.77. The van der Waals surface area contributed by atoms with Crippen LogP contribution < -0.4 is 10.2 Å². The van der Waals surface area contributed by atoms with E-state index >= 15 is 0 Å². The van der Waals surface area contributed by atoms with Gasteiger partial charge in [0.2, 0.25) is 0 Å². The summed E-state index contributed by atoms with van der Waals surface area (Å²) >= 11 is 0. The first-order valence-electron chi connectivity index (χ1n) is 16.7. The minimum absolute atomic E-state index is 0.0896. The number of anilines is 3. The van der Waals surface area contributed by atoms with Gasteiger partial charge in [-0.25, -0.2) is 4.98 Å². The van der Waals surface area contributed by atoms with Gasteiger partial charge in [-0.15, -0.1) is 0 Å². The number of para-hydroxylation sites is 2. The predicted octanol–water partition coefficient (Wildman–Crippen LogP) is 11.7. The van der Waals surface area contributed by atoms with Gasteiger partial charge in [-0.05, 0) is 69.9 Å². The molecule has 2 aromatic heterocycles. The highest BCUT2D eigenvalue weighted by Gasteiger charge is 2.31. The fourth-order valence-corrected chi connectivity index (χ4v) is 7.58. The zero-order chi connectivity index (χ0) is 32.3. The summed E-state index contributed by atoms with van der Waals surface area (Å²) in [5.74, 6) is 0. The Morgan fingerprint density at radius 1 is 0.490 bits per heavy atom. The molecule has 4 heteroatoms. The van der Waals surface area contributed by atoms with Crippen LogP contribution in [0.25, 0.3) is 65.6 Å². The van der Waals surface area contributed by atoms with Gasteiger partial charge < -0.3 is 10.2 Å². The van der Waals surface area contributed by atoms with Crippen molar-refractivity contribution in [3.05, 3.63) is 176 Å². The van der Waals surface area contributed by atoms with Crippen molar-refractivity contribution in [2.45, 2.75) is 6.17 Å². The maximum Gasteiger partial charge on any atom is 0.147 e. The Hall–Kier alpha value is -6.52. The molecule has 1 N–H and O–H groups in total. The molecule has 0 spiro atoms. The molecule has 10 rings (SSSR count). The molecule has 49 heavy (non-hydrogen) atoms. The second-order valence-corrected chi connectivity index (χ2v) is 12.7. The summed E-state index contributed by atoms with van der Waals surface area (Å²) < 4.78 is 0. The highest BCUT2D eigenvalue weighted by Crippen LogP contribution is 2.46. The molecule has 9 aromatic rings. The molecule has 0 radical (unpaired) electrons. The number of hydrogen-bond acceptors (Lipinski definition) is 4. The number of aromatic nitrogens is 2. The molecule has 0 fully saturated rings. The number of hydrogen-bond donors (Lipinski definition) is 1. The second kappa shape index (κ2) is 11.0. The lowest BCUT2D eigenvalue weighted by Gasteiger charge is -2.26. The van der Waals surface area contributed by atoms with Gasteiger partial charge in [-0.1, -0.05) is 121 Å². The van der Waals surface area contributed by atoms with Gasteiger partial charge in [-0.2, -0.15) is 0 Å². The van der Waals surface area contributed by atoms with Crippen LogP contribution >= 0.6 is 0 Å². The van der Waals surface area contributed by atoms with E-state index in [2.05, 4.69) is 162 Å². The Kier molecular flexibility index (Phi) is 6.21. The lowest BCUT2D eigenvalue weighted by Crippen LogP contribution is -2.24. The largest absolute Gasteiger partial charge is 0.358 e. The van der Waals surface area contributed by atoms with Gasteiger partial charge in [0.25, 0.3) is 0 Å². The quantitative estimate of drug-likeness (QED) is 0.156. The average molecular weight is 627 g/mol. The number of nitrogens with one attached hydrogen (secondary N) is 1. The van der Waals surface area contributed by atoms with E-state index in [1.165, 1.54) is 43.8 Å². The van der Waals surface area contributed by atoms with Crippen molar-refractivity contribution in [3.8, 4) is 22.3 Å². The summed E-state index contributed by atoms with van der Waals surface area (Å²) in [5.41, 5.74) is 11.1. The molecule has 3 heterocycles. The van der Waals surface area contributed by atoms with Crippen molar-refractivity contribution in [2.24, 2.45) is 0 Å². The number of rotatable bonds is 4. The van der Waals surface area contributed by atoms with Gasteiger partial charge in [0.1, 0.15) is 6.17 Å². The zero-order valence-electron chi connectivity index (χ0n) is 26.6. The molecule has 0 saturated carbocycles. The monoisotopic (exact) mass is 626 g/mol.